The van der Waals surface area contributed by atoms with Crippen LogP contribution in [0.5, 0.6) is 5.75 Å². The van der Waals surface area contributed by atoms with Gasteiger partial charge in [-0.2, -0.15) is 0 Å². The molecule has 1 fully saturated rings. The van der Waals surface area contributed by atoms with Gasteiger partial charge in [0.15, 0.2) is 0 Å². The Balaban J connectivity index is 1.33. The molecule has 1 saturated carbocycles. The molecule has 0 radical (unpaired) electrons. The number of benzene rings is 2. The van der Waals surface area contributed by atoms with Crippen LogP contribution >= 0.6 is 11.3 Å². The highest BCUT2D eigenvalue weighted by atomic mass is 32.1. The average molecular weight is 434 g/mol. The number of aromatic nitrogens is 1. The first-order chi connectivity index (χ1) is 15.2. The van der Waals surface area contributed by atoms with E-state index < -0.39 is 5.91 Å². The fraction of sp³-hybridized carbons (Fsp3) is 0.360. The largest absolute Gasteiger partial charge is 0.493 e. The van der Waals surface area contributed by atoms with Crippen molar-refractivity contribution in [3.63, 3.8) is 0 Å². The van der Waals surface area contributed by atoms with Gasteiger partial charge in [0, 0.05) is 42.1 Å². The fourth-order valence-corrected chi connectivity index (χ4v) is 5.47. The van der Waals surface area contributed by atoms with Gasteiger partial charge in [0.25, 0.3) is 0 Å². The van der Waals surface area contributed by atoms with Crippen LogP contribution in [0.25, 0.3) is 10.6 Å². The Bertz CT molecular complexity index is 1070. The number of nitrogens with zero attached hydrogens (tertiary/aromatic N) is 2. The molecule has 5 rings (SSSR count). The lowest BCUT2D eigenvalue weighted by molar-refractivity contribution is 0.100. The number of thiazole rings is 1. The van der Waals surface area contributed by atoms with Crippen LogP contribution in [0.3, 0.4) is 0 Å². The number of ether oxygens (including phenoxy) is 1. The predicted molar refractivity (Wildman–Crippen MR) is 123 cm³/mol. The van der Waals surface area contributed by atoms with E-state index in [1.165, 1.54) is 36.8 Å². The number of hydrogen-bond donors (Lipinski definition) is 1. The van der Waals surface area contributed by atoms with Crippen molar-refractivity contribution in [2.24, 2.45) is 5.73 Å². The number of amides is 1. The molecule has 3 aromatic rings. The van der Waals surface area contributed by atoms with Gasteiger partial charge in [0.05, 0.1) is 12.3 Å². The minimum atomic E-state index is -0.406. The third kappa shape index (κ3) is 4.50. The number of primary amides is 1. The van der Waals surface area contributed by atoms with Crippen LogP contribution in [0.4, 0.5) is 0 Å². The Morgan fingerprint density at radius 1 is 1.13 bits per heavy atom. The number of carbonyl (C=O) groups is 1. The average Bonchev–Trinajstić information content (AvgIpc) is 3.54. The maximum absolute atomic E-state index is 11.3. The van der Waals surface area contributed by atoms with E-state index in [9.17, 15) is 4.79 Å². The van der Waals surface area contributed by atoms with E-state index in [4.69, 9.17) is 15.5 Å². The molecule has 0 saturated heterocycles. The van der Waals surface area contributed by atoms with Gasteiger partial charge < -0.3 is 10.5 Å². The molecule has 0 bridgehead atoms. The summed E-state index contributed by atoms with van der Waals surface area (Å²) in [6.45, 7) is 2.60. The van der Waals surface area contributed by atoms with Gasteiger partial charge in [0.2, 0.25) is 5.91 Å². The topological polar surface area (TPSA) is 68.5 Å². The first kappa shape index (κ1) is 20.2. The number of nitrogens with two attached hydrogens (primary N) is 1. The minimum absolute atomic E-state index is 0.406. The Morgan fingerprint density at radius 3 is 2.71 bits per heavy atom. The second kappa shape index (κ2) is 8.81. The van der Waals surface area contributed by atoms with E-state index in [2.05, 4.69) is 28.5 Å². The molecule has 2 N–H and O–H groups in total. The van der Waals surface area contributed by atoms with Crippen LogP contribution < -0.4 is 10.5 Å². The lowest BCUT2D eigenvalue weighted by Gasteiger charge is -2.28. The molecule has 2 heterocycles. The zero-order valence-corrected chi connectivity index (χ0v) is 18.4. The molecular formula is C25H27N3O2S. The zero-order chi connectivity index (χ0) is 21.2. The van der Waals surface area contributed by atoms with Crippen molar-refractivity contribution >= 4 is 17.2 Å². The number of hydrogen-bond acceptors (Lipinski definition) is 5. The smallest absolute Gasteiger partial charge is 0.248 e. The van der Waals surface area contributed by atoms with Crippen molar-refractivity contribution in [2.45, 2.75) is 51.2 Å². The fourth-order valence-electron chi connectivity index (χ4n) is 4.65. The van der Waals surface area contributed by atoms with Gasteiger partial charge in [-0.05, 0) is 42.2 Å². The molecule has 6 heteroatoms. The van der Waals surface area contributed by atoms with Crippen molar-refractivity contribution < 1.29 is 9.53 Å². The molecule has 0 atom stereocenters. The summed E-state index contributed by atoms with van der Waals surface area (Å²) in [6, 6.07) is 14.6. The summed E-state index contributed by atoms with van der Waals surface area (Å²) in [5.74, 6) is 0.638. The van der Waals surface area contributed by atoms with Crippen LogP contribution in [0, 0.1) is 0 Å². The van der Waals surface area contributed by atoms with Crippen molar-refractivity contribution in [3.05, 3.63) is 70.2 Å². The highest BCUT2D eigenvalue weighted by Crippen LogP contribution is 2.31. The van der Waals surface area contributed by atoms with Crippen LogP contribution in [0.2, 0.25) is 0 Å². The van der Waals surface area contributed by atoms with E-state index in [0.29, 0.717) is 11.6 Å². The highest BCUT2D eigenvalue weighted by molar-refractivity contribution is 7.13. The van der Waals surface area contributed by atoms with Crippen LogP contribution in [-0.4, -0.2) is 28.4 Å². The van der Waals surface area contributed by atoms with Crippen LogP contribution in [-0.2, 0) is 19.5 Å². The summed E-state index contributed by atoms with van der Waals surface area (Å²) in [6.07, 6.45) is 6.16. The molecule has 1 aliphatic heterocycles. The van der Waals surface area contributed by atoms with Gasteiger partial charge in [-0.25, -0.2) is 4.98 Å². The highest BCUT2D eigenvalue weighted by Gasteiger charge is 2.24. The molecule has 1 amide bonds. The minimum Gasteiger partial charge on any atom is -0.493 e. The normalized spacial score (nSPS) is 15.9. The summed E-state index contributed by atoms with van der Waals surface area (Å²) in [4.78, 5) is 18.8. The zero-order valence-electron chi connectivity index (χ0n) is 17.5. The molecule has 1 aromatic heterocycles. The standard InChI is InChI=1S/C25H27N3O2S/c26-24(29)18-6-8-19(9-7-18)25-27-21(16-31-25)15-28(22-3-1-2-4-22)14-17-5-10-23-20(13-17)11-12-30-23/h5-10,13,16,22H,1-4,11-12,14-15H2,(H2,26,29). The van der Waals surface area contributed by atoms with E-state index in [-0.39, 0.29) is 0 Å². The number of carbonyl (C=O) groups excluding carboxylic acids is 1. The monoisotopic (exact) mass is 433 g/mol. The maximum Gasteiger partial charge on any atom is 0.248 e. The lowest BCUT2D eigenvalue weighted by atomic mass is 10.1. The van der Waals surface area contributed by atoms with Crippen LogP contribution in [0.1, 0.15) is 52.9 Å². The van der Waals surface area contributed by atoms with Gasteiger partial charge in [0.1, 0.15) is 10.8 Å². The van der Waals surface area contributed by atoms with Crippen molar-refractivity contribution in [1.82, 2.24) is 9.88 Å². The molecule has 160 valence electrons. The van der Waals surface area contributed by atoms with E-state index >= 15 is 0 Å². The molecule has 0 unspecified atom stereocenters. The molecule has 31 heavy (non-hydrogen) atoms. The summed E-state index contributed by atoms with van der Waals surface area (Å²) in [7, 11) is 0. The maximum atomic E-state index is 11.3. The molecular weight excluding hydrogens is 406 g/mol. The number of rotatable bonds is 7. The third-order valence-electron chi connectivity index (χ3n) is 6.31. The summed E-state index contributed by atoms with van der Waals surface area (Å²) >= 11 is 1.65. The van der Waals surface area contributed by atoms with Crippen LogP contribution in [0.15, 0.2) is 47.8 Å². The first-order valence-corrected chi connectivity index (χ1v) is 11.9. The van der Waals surface area contributed by atoms with Gasteiger partial charge >= 0.3 is 0 Å². The van der Waals surface area contributed by atoms with Crippen molar-refractivity contribution in [2.75, 3.05) is 6.61 Å². The first-order valence-electron chi connectivity index (χ1n) is 11.0. The van der Waals surface area contributed by atoms with Gasteiger partial charge in [-0.15, -0.1) is 11.3 Å². The number of fused-ring (bicyclic) bond motifs is 1. The van der Waals surface area contributed by atoms with Crippen molar-refractivity contribution in [1.29, 1.82) is 0 Å². The van der Waals surface area contributed by atoms with Crippen molar-refractivity contribution in [3.8, 4) is 16.3 Å². The second-order valence-corrected chi connectivity index (χ2v) is 9.33. The molecule has 2 aliphatic rings. The predicted octanol–water partition coefficient (Wildman–Crippen LogP) is 4.79. The summed E-state index contributed by atoms with van der Waals surface area (Å²) in [5.41, 5.74) is 10.7. The van der Waals surface area contributed by atoms with E-state index in [1.807, 2.05) is 12.1 Å². The van der Waals surface area contributed by atoms with Gasteiger partial charge in [-0.1, -0.05) is 37.1 Å². The summed E-state index contributed by atoms with van der Waals surface area (Å²) in [5, 5.41) is 3.14. The Kier molecular flexibility index (Phi) is 5.74. The van der Waals surface area contributed by atoms with Gasteiger partial charge in [-0.3, -0.25) is 9.69 Å². The second-order valence-electron chi connectivity index (χ2n) is 8.47. The molecule has 1 aliphatic carbocycles. The Morgan fingerprint density at radius 2 is 1.94 bits per heavy atom. The summed E-state index contributed by atoms with van der Waals surface area (Å²) < 4.78 is 5.67. The van der Waals surface area contributed by atoms with E-state index in [1.54, 1.807) is 23.5 Å². The Labute approximate surface area is 186 Å². The molecule has 0 spiro atoms. The Hall–Kier alpha value is -2.70. The third-order valence-corrected chi connectivity index (χ3v) is 7.25. The quantitative estimate of drug-likeness (QED) is 0.582. The molecule has 2 aromatic carbocycles. The molecule has 5 nitrogen and oxygen atoms in total. The SMILES string of the molecule is NC(=O)c1ccc(-c2nc(CN(Cc3ccc4c(c3)CCO4)C3CCCC3)cs2)cc1. The van der Waals surface area contributed by atoms with E-state index in [0.717, 1.165) is 48.1 Å². The lowest BCUT2D eigenvalue weighted by Crippen LogP contribution is -2.32.